The topological polar surface area (TPSA) is 68.0 Å². The second kappa shape index (κ2) is 5.34. The molecule has 3 N–H and O–H groups in total. The highest BCUT2D eigenvalue weighted by molar-refractivity contribution is 5.94. The molecule has 0 saturated heterocycles. The van der Waals surface area contributed by atoms with Gasteiger partial charge in [-0.3, -0.25) is 4.79 Å². The van der Waals surface area contributed by atoms with Crippen molar-refractivity contribution in [1.82, 2.24) is 4.98 Å². The van der Waals surface area contributed by atoms with E-state index in [1.165, 1.54) is 0 Å². The highest BCUT2D eigenvalue weighted by atomic mass is 19.4. The summed E-state index contributed by atoms with van der Waals surface area (Å²) >= 11 is 0. The maximum atomic E-state index is 12.2. The smallest absolute Gasteiger partial charge is 0.323 e. The van der Waals surface area contributed by atoms with Crippen molar-refractivity contribution in [1.29, 1.82) is 0 Å². The molecule has 0 aliphatic rings. The van der Waals surface area contributed by atoms with Gasteiger partial charge in [-0.05, 0) is 18.1 Å². The van der Waals surface area contributed by atoms with Crippen LogP contribution in [0.25, 0.3) is 0 Å². The van der Waals surface area contributed by atoms with Crippen LogP contribution in [0.3, 0.4) is 0 Å². The van der Waals surface area contributed by atoms with E-state index in [-0.39, 0.29) is 11.6 Å². The second-order valence-corrected chi connectivity index (χ2v) is 4.19. The average molecular weight is 261 g/mol. The van der Waals surface area contributed by atoms with Gasteiger partial charge in [-0.2, -0.15) is 13.2 Å². The lowest BCUT2D eigenvalue weighted by molar-refractivity contribution is -0.141. The number of hydrogen-bond donors (Lipinski definition) is 2. The summed E-state index contributed by atoms with van der Waals surface area (Å²) < 4.78 is 36.7. The summed E-state index contributed by atoms with van der Waals surface area (Å²) in [4.78, 5) is 14.8. The maximum Gasteiger partial charge on any atom is 0.433 e. The largest absolute Gasteiger partial charge is 0.433 e. The van der Waals surface area contributed by atoms with Gasteiger partial charge in [0, 0.05) is 0 Å². The van der Waals surface area contributed by atoms with Gasteiger partial charge < -0.3 is 11.1 Å². The van der Waals surface area contributed by atoms with E-state index in [9.17, 15) is 18.0 Å². The number of rotatable bonds is 3. The zero-order chi connectivity index (χ0) is 13.9. The number of aromatic nitrogens is 1. The Kier molecular flexibility index (Phi) is 4.28. The van der Waals surface area contributed by atoms with E-state index < -0.39 is 23.8 Å². The van der Waals surface area contributed by atoms with Crippen LogP contribution in [0.5, 0.6) is 0 Å². The fourth-order valence-electron chi connectivity index (χ4n) is 1.16. The van der Waals surface area contributed by atoms with E-state index in [0.29, 0.717) is 0 Å². The summed E-state index contributed by atoms with van der Waals surface area (Å²) in [6, 6.07) is 1.23. The Labute approximate surface area is 102 Å². The maximum absolute atomic E-state index is 12.2. The monoisotopic (exact) mass is 261 g/mol. The third-order valence-electron chi connectivity index (χ3n) is 2.34. The Morgan fingerprint density at radius 1 is 1.39 bits per heavy atom. The number of nitrogens with one attached hydrogen (secondary N) is 1. The van der Waals surface area contributed by atoms with Gasteiger partial charge in [-0.25, -0.2) is 4.98 Å². The number of carbonyl (C=O) groups excluding carboxylic acids is 1. The molecular weight excluding hydrogens is 247 g/mol. The van der Waals surface area contributed by atoms with Gasteiger partial charge in [0.2, 0.25) is 5.91 Å². The molecule has 1 aromatic rings. The molecule has 0 saturated carbocycles. The standard InChI is InChI=1S/C11H14F3N3O/c1-6(2)9(15)10(18)17-7-3-4-8(16-5-7)11(12,13)14/h3-6,9H,15H2,1-2H3,(H,17,18)/t9-/m1/s1. The lowest BCUT2D eigenvalue weighted by Crippen LogP contribution is -2.39. The van der Waals surface area contributed by atoms with Gasteiger partial charge in [0.25, 0.3) is 0 Å². The number of amides is 1. The molecule has 1 rings (SSSR count). The predicted octanol–water partition coefficient (Wildman–Crippen LogP) is 2.02. The van der Waals surface area contributed by atoms with Gasteiger partial charge in [0.1, 0.15) is 5.69 Å². The Hall–Kier alpha value is -1.63. The summed E-state index contributed by atoms with van der Waals surface area (Å²) in [5.41, 5.74) is 4.77. The van der Waals surface area contributed by atoms with Crippen LogP contribution in [0.15, 0.2) is 18.3 Å². The number of pyridine rings is 1. The molecule has 0 fully saturated rings. The van der Waals surface area contributed by atoms with Crippen LogP contribution in [-0.2, 0) is 11.0 Å². The minimum absolute atomic E-state index is 0.0626. The van der Waals surface area contributed by atoms with Crippen LogP contribution in [0.2, 0.25) is 0 Å². The van der Waals surface area contributed by atoms with Crippen LogP contribution >= 0.6 is 0 Å². The lowest BCUT2D eigenvalue weighted by atomic mass is 10.1. The Morgan fingerprint density at radius 2 is 2.00 bits per heavy atom. The molecule has 0 aromatic carbocycles. The number of alkyl halides is 3. The van der Waals surface area contributed by atoms with E-state index in [1.54, 1.807) is 13.8 Å². The molecule has 0 unspecified atom stereocenters. The van der Waals surface area contributed by atoms with Gasteiger partial charge in [0.05, 0.1) is 17.9 Å². The van der Waals surface area contributed by atoms with E-state index in [2.05, 4.69) is 10.3 Å². The van der Waals surface area contributed by atoms with E-state index in [1.807, 2.05) is 0 Å². The number of carbonyl (C=O) groups is 1. The van der Waals surface area contributed by atoms with Crippen molar-refractivity contribution < 1.29 is 18.0 Å². The highest BCUT2D eigenvalue weighted by Crippen LogP contribution is 2.27. The number of nitrogens with two attached hydrogens (primary N) is 1. The summed E-state index contributed by atoms with van der Waals surface area (Å²) in [6.07, 6.45) is -3.54. The molecule has 0 aliphatic carbocycles. The first-order chi connectivity index (χ1) is 8.21. The zero-order valence-corrected chi connectivity index (χ0v) is 9.95. The van der Waals surface area contributed by atoms with Crippen molar-refractivity contribution in [3.8, 4) is 0 Å². The summed E-state index contributed by atoms with van der Waals surface area (Å²) in [5, 5.41) is 2.41. The van der Waals surface area contributed by atoms with Gasteiger partial charge in [-0.1, -0.05) is 13.8 Å². The van der Waals surface area contributed by atoms with Crippen LogP contribution in [0.1, 0.15) is 19.5 Å². The number of hydrogen-bond acceptors (Lipinski definition) is 3. The van der Waals surface area contributed by atoms with E-state index in [4.69, 9.17) is 5.73 Å². The van der Waals surface area contributed by atoms with Gasteiger partial charge in [-0.15, -0.1) is 0 Å². The van der Waals surface area contributed by atoms with Crippen molar-refractivity contribution in [3.63, 3.8) is 0 Å². The SMILES string of the molecule is CC(C)[C@@H](N)C(=O)Nc1ccc(C(F)(F)F)nc1. The molecule has 4 nitrogen and oxygen atoms in total. The molecule has 0 radical (unpaired) electrons. The first-order valence-electron chi connectivity index (χ1n) is 5.31. The second-order valence-electron chi connectivity index (χ2n) is 4.19. The zero-order valence-electron chi connectivity index (χ0n) is 9.95. The Balaban J connectivity index is 2.73. The van der Waals surface area contributed by atoms with Crippen LogP contribution < -0.4 is 11.1 Å². The molecule has 0 bridgehead atoms. The molecule has 1 atom stereocenters. The number of nitrogens with zero attached hydrogens (tertiary/aromatic N) is 1. The molecule has 0 spiro atoms. The molecule has 1 heterocycles. The van der Waals surface area contributed by atoms with Crippen molar-refractivity contribution in [2.75, 3.05) is 5.32 Å². The van der Waals surface area contributed by atoms with Crippen LogP contribution in [0.4, 0.5) is 18.9 Å². The van der Waals surface area contributed by atoms with Crippen molar-refractivity contribution >= 4 is 11.6 Å². The third kappa shape index (κ3) is 3.69. The van der Waals surface area contributed by atoms with Crippen molar-refractivity contribution in [2.24, 2.45) is 11.7 Å². The lowest BCUT2D eigenvalue weighted by Gasteiger charge is -2.15. The molecule has 18 heavy (non-hydrogen) atoms. The Morgan fingerprint density at radius 3 is 2.39 bits per heavy atom. The molecule has 0 aliphatic heterocycles. The first-order valence-corrected chi connectivity index (χ1v) is 5.31. The van der Waals surface area contributed by atoms with Gasteiger partial charge >= 0.3 is 6.18 Å². The summed E-state index contributed by atoms with van der Waals surface area (Å²) in [7, 11) is 0. The van der Waals surface area contributed by atoms with Crippen LogP contribution in [0, 0.1) is 5.92 Å². The molecule has 1 aromatic heterocycles. The average Bonchev–Trinajstić information content (AvgIpc) is 2.27. The molecule has 100 valence electrons. The van der Waals surface area contributed by atoms with Crippen molar-refractivity contribution in [2.45, 2.75) is 26.1 Å². The van der Waals surface area contributed by atoms with Crippen LogP contribution in [-0.4, -0.2) is 16.9 Å². The minimum atomic E-state index is -4.49. The first kappa shape index (κ1) is 14.4. The van der Waals surface area contributed by atoms with Crippen molar-refractivity contribution in [3.05, 3.63) is 24.0 Å². The van der Waals surface area contributed by atoms with Gasteiger partial charge in [0.15, 0.2) is 0 Å². The van der Waals surface area contributed by atoms with E-state index in [0.717, 1.165) is 18.3 Å². The van der Waals surface area contributed by atoms with E-state index >= 15 is 0 Å². The Bertz CT molecular complexity index is 415. The fourth-order valence-corrected chi connectivity index (χ4v) is 1.16. The predicted molar refractivity (Wildman–Crippen MR) is 60.7 cm³/mol. The molecule has 7 heteroatoms. The minimum Gasteiger partial charge on any atom is -0.323 e. The normalized spacial score (nSPS) is 13.5. The fraction of sp³-hybridized carbons (Fsp3) is 0.455. The summed E-state index contributed by atoms with van der Waals surface area (Å²) in [5.74, 6) is -0.515. The quantitative estimate of drug-likeness (QED) is 0.874. The highest BCUT2D eigenvalue weighted by Gasteiger charge is 2.32. The molecular formula is C11H14F3N3O. The summed E-state index contributed by atoms with van der Waals surface area (Å²) in [6.45, 7) is 3.55. The number of halogens is 3. The number of anilines is 1. The third-order valence-corrected chi connectivity index (χ3v) is 2.34. The molecule has 1 amide bonds.